The minimum absolute atomic E-state index is 0. The fraction of sp³-hybridized carbons (Fsp3) is 0. The van der Waals surface area contributed by atoms with Gasteiger partial charge in [-0.2, -0.15) is 18.2 Å². The van der Waals surface area contributed by atoms with E-state index in [0.29, 0.717) is 0 Å². The Labute approximate surface area is 124 Å². The molecule has 0 atom stereocenters. The summed E-state index contributed by atoms with van der Waals surface area (Å²) in [6, 6.07) is 8.58. The van der Waals surface area contributed by atoms with E-state index in [1.807, 2.05) is 18.2 Å². The van der Waals surface area contributed by atoms with Crippen LogP contribution in [0.1, 0.15) is 0 Å². The number of rotatable bonds is 0. The van der Waals surface area contributed by atoms with E-state index < -0.39 is 0 Å². The maximum Gasteiger partial charge on any atom is 1.00 e. The van der Waals surface area contributed by atoms with Gasteiger partial charge in [0.05, 0.1) is 0 Å². The van der Waals surface area contributed by atoms with Crippen molar-refractivity contribution in [2.75, 3.05) is 0 Å². The SMILES string of the molecule is [Cs+].[c-]1ccc2ncncc2c1. The normalized spacial score (nSPS) is 9.09. The first-order valence-electron chi connectivity index (χ1n) is 3.02. The third kappa shape index (κ3) is 2.27. The Bertz CT molecular complexity index is 283. The number of aromatic nitrogens is 2. The minimum Gasteiger partial charge on any atom is -0.263 e. The van der Waals surface area contributed by atoms with Gasteiger partial charge in [0.15, 0.2) is 0 Å². The molecule has 48 valence electrons. The summed E-state index contributed by atoms with van der Waals surface area (Å²) in [5.74, 6) is 0. The third-order valence-corrected chi connectivity index (χ3v) is 1.35. The molecule has 1 aromatic carbocycles. The molecule has 0 amide bonds. The van der Waals surface area contributed by atoms with Crippen molar-refractivity contribution < 1.29 is 68.9 Å². The Balaban J connectivity index is 0.000000605. The molecule has 1 aromatic heterocycles. The van der Waals surface area contributed by atoms with Gasteiger partial charge in [0.2, 0.25) is 0 Å². The fourth-order valence-corrected chi connectivity index (χ4v) is 0.865. The van der Waals surface area contributed by atoms with Crippen LogP contribution >= 0.6 is 0 Å². The number of fused-ring (bicyclic) bond motifs is 1. The summed E-state index contributed by atoms with van der Waals surface area (Å²) in [6.45, 7) is 0. The van der Waals surface area contributed by atoms with Gasteiger partial charge < -0.3 is 0 Å². The molecule has 2 nitrogen and oxygen atoms in total. The Morgan fingerprint density at radius 2 is 2.27 bits per heavy atom. The van der Waals surface area contributed by atoms with Gasteiger partial charge in [-0.05, 0) is 11.7 Å². The Kier molecular flexibility index (Phi) is 4.05. The number of benzene rings is 1. The molecule has 0 saturated heterocycles. The first-order valence-corrected chi connectivity index (χ1v) is 3.02. The van der Waals surface area contributed by atoms with Crippen LogP contribution in [0.25, 0.3) is 10.9 Å². The van der Waals surface area contributed by atoms with Crippen LogP contribution in [0.15, 0.2) is 30.7 Å². The van der Waals surface area contributed by atoms with E-state index in [4.69, 9.17) is 0 Å². The maximum atomic E-state index is 4.05. The van der Waals surface area contributed by atoms with E-state index in [9.17, 15) is 0 Å². The van der Waals surface area contributed by atoms with Crippen LogP contribution in [0, 0.1) is 6.07 Å². The van der Waals surface area contributed by atoms with Gasteiger partial charge in [0.25, 0.3) is 0 Å². The summed E-state index contributed by atoms with van der Waals surface area (Å²) in [6.07, 6.45) is 3.32. The van der Waals surface area contributed by atoms with E-state index in [2.05, 4.69) is 16.0 Å². The van der Waals surface area contributed by atoms with Crippen LogP contribution in [-0.2, 0) is 0 Å². The summed E-state index contributed by atoms with van der Waals surface area (Å²) in [5.41, 5.74) is 0.966. The number of nitrogens with zero attached hydrogens (tertiary/aromatic N) is 2. The van der Waals surface area contributed by atoms with Crippen molar-refractivity contribution in [2.45, 2.75) is 0 Å². The van der Waals surface area contributed by atoms with Gasteiger partial charge in [0.1, 0.15) is 6.33 Å². The van der Waals surface area contributed by atoms with Crippen LogP contribution < -0.4 is 68.9 Å². The standard InChI is InChI=1S/C8H5N2.Cs/c1-2-4-8-7(3-1)5-9-6-10-8;/h2-6H;/q-1;+1. The van der Waals surface area contributed by atoms with E-state index in [1.165, 1.54) is 0 Å². The van der Waals surface area contributed by atoms with Gasteiger partial charge in [0, 0.05) is 0 Å². The number of hydrogen-bond donors (Lipinski definition) is 0. The van der Waals surface area contributed by atoms with Gasteiger partial charge in [-0.1, -0.05) is 5.39 Å². The van der Waals surface area contributed by atoms with E-state index in [-0.39, 0.29) is 68.9 Å². The predicted octanol–water partition coefficient (Wildman–Crippen LogP) is -1.57. The smallest absolute Gasteiger partial charge is 0.263 e. The molecule has 0 aliphatic carbocycles. The van der Waals surface area contributed by atoms with Crippen LogP contribution in [-0.4, -0.2) is 9.97 Å². The fourth-order valence-electron chi connectivity index (χ4n) is 0.865. The molecule has 2 aromatic rings. The average Bonchev–Trinajstić information content (AvgIpc) is 2.05. The molecule has 0 saturated carbocycles. The Hall–Kier alpha value is 0.612. The zero-order chi connectivity index (χ0) is 6.81. The summed E-state index contributed by atoms with van der Waals surface area (Å²) >= 11 is 0. The van der Waals surface area contributed by atoms with E-state index in [1.54, 1.807) is 12.5 Å². The monoisotopic (exact) mass is 262 g/mol. The molecule has 0 fully saturated rings. The molecule has 0 aliphatic rings. The Morgan fingerprint density at radius 3 is 3.09 bits per heavy atom. The van der Waals surface area contributed by atoms with Crippen molar-refractivity contribution in [3.8, 4) is 0 Å². The molecule has 1 heterocycles. The molecule has 0 spiro atoms. The average molecular weight is 262 g/mol. The van der Waals surface area contributed by atoms with Crippen molar-refractivity contribution in [3.05, 3.63) is 36.8 Å². The van der Waals surface area contributed by atoms with Crippen molar-refractivity contribution in [2.24, 2.45) is 0 Å². The van der Waals surface area contributed by atoms with Crippen LogP contribution in [0.2, 0.25) is 0 Å². The first-order chi connectivity index (χ1) is 4.97. The van der Waals surface area contributed by atoms with Gasteiger partial charge in [-0.25, -0.2) is 0 Å². The van der Waals surface area contributed by atoms with Gasteiger partial charge >= 0.3 is 68.9 Å². The Morgan fingerprint density at radius 1 is 1.36 bits per heavy atom. The van der Waals surface area contributed by atoms with Crippen molar-refractivity contribution in [1.82, 2.24) is 9.97 Å². The van der Waals surface area contributed by atoms with Crippen LogP contribution in [0.5, 0.6) is 0 Å². The topological polar surface area (TPSA) is 25.8 Å². The predicted molar refractivity (Wildman–Crippen MR) is 38.4 cm³/mol. The van der Waals surface area contributed by atoms with E-state index >= 15 is 0 Å². The summed E-state index contributed by atoms with van der Waals surface area (Å²) in [5, 5.41) is 1.03. The van der Waals surface area contributed by atoms with Gasteiger partial charge in [-0.15, -0.1) is 6.07 Å². The molecule has 2 rings (SSSR count). The quantitative estimate of drug-likeness (QED) is 0.536. The molecule has 0 radical (unpaired) electrons. The molecule has 0 aliphatic heterocycles. The zero-order valence-electron chi connectivity index (χ0n) is 6.28. The van der Waals surface area contributed by atoms with Crippen LogP contribution in [0.4, 0.5) is 0 Å². The third-order valence-electron chi connectivity index (χ3n) is 1.35. The molecule has 0 bridgehead atoms. The largest absolute Gasteiger partial charge is 1.00 e. The zero-order valence-corrected chi connectivity index (χ0v) is 12.6. The summed E-state index contributed by atoms with van der Waals surface area (Å²) in [7, 11) is 0. The second-order valence-corrected chi connectivity index (χ2v) is 2.01. The van der Waals surface area contributed by atoms with Crippen molar-refractivity contribution >= 4 is 10.9 Å². The maximum absolute atomic E-state index is 4.05. The molecule has 0 N–H and O–H groups in total. The van der Waals surface area contributed by atoms with E-state index in [0.717, 1.165) is 10.9 Å². The second-order valence-electron chi connectivity index (χ2n) is 2.01. The summed E-state index contributed by atoms with van der Waals surface area (Å²) in [4.78, 5) is 7.93. The van der Waals surface area contributed by atoms with Crippen molar-refractivity contribution in [1.29, 1.82) is 0 Å². The van der Waals surface area contributed by atoms with Gasteiger partial charge in [-0.3, -0.25) is 9.97 Å². The molecule has 11 heavy (non-hydrogen) atoms. The molecule has 0 unspecified atom stereocenters. The minimum atomic E-state index is 0. The molecular weight excluding hydrogens is 257 g/mol. The van der Waals surface area contributed by atoms with Crippen LogP contribution in [0.3, 0.4) is 0 Å². The second kappa shape index (κ2) is 4.59. The summed E-state index contributed by atoms with van der Waals surface area (Å²) < 4.78 is 0. The van der Waals surface area contributed by atoms with Crippen molar-refractivity contribution in [3.63, 3.8) is 0 Å². The first kappa shape index (κ1) is 9.70. The molecule has 3 heteroatoms. The number of hydrogen-bond acceptors (Lipinski definition) is 2. The molecular formula is C8H5CsN2.